The van der Waals surface area contributed by atoms with Gasteiger partial charge in [0.25, 0.3) is 0 Å². The fourth-order valence-electron chi connectivity index (χ4n) is 3.61. The Hall–Kier alpha value is -1.80. The van der Waals surface area contributed by atoms with Crippen molar-refractivity contribution < 1.29 is 22.7 Å². The lowest BCUT2D eigenvalue weighted by Gasteiger charge is -2.35. The Bertz CT molecular complexity index is 757. The summed E-state index contributed by atoms with van der Waals surface area (Å²) in [6, 6.07) is 5.89. The van der Waals surface area contributed by atoms with Gasteiger partial charge in [-0.3, -0.25) is 9.69 Å². The first-order chi connectivity index (χ1) is 12.4. The van der Waals surface area contributed by atoms with E-state index in [0.717, 1.165) is 25.2 Å². The molecule has 26 heavy (non-hydrogen) atoms. The number of carbonyl (C=O) groups is 1. The minimum absolute atomic E-state index is 0.00292. The summed E-state index contributed by atoms with van der Waals surface area (Å²) in [7, 11) is 0.212. The maximum Gasteiger partial charge on any atom is 0.226 e. The van der Waals surface area contributed by atoms with Crippen molar-refractivity contribution in [3.63, 3.8) is 0 Å². The third-order valence-electron chi connectivity index (χ3n) is 5.12. The van der Waals surface area contributed by atoms with Crippen molar-refractivity contribution in [2.24, 2.45) is 5.92 Å². The zero-order valence-corrected chi connectivity index (χ0v) is 16.1. The first-order valence-electron chi connectivity index (χ1n) is 8.84. The van der Waals surface area contributed by atoms with Crippen LogP contribution in [0.15, 0.2) is 18.2 Å². The molecular weight excluding hydrogens is 356 g/mol. The molecule has 2 saturated heterocycles. The molecule has 0 spiro atoms. The van der Waals surface area contributed by atoms with Gasteiger partial charge in [0.15, 0.2) is 21.3 Å². The third kappa shape index (κ3) is 4.29. The monoisotopic (exact) mass is 382 g/mol. The molecule has 2 aliphatic rings. The summed E-state index contributed by atoms with van der Waals surface area (Å²) in [5, 5.41) is 0. The van der Waals surface area contributed by atoms with Gasteiger partial charge in [-0.25, -0.2) is 8.42 Å². The van der Waals surface area contributed by atoms with Crippen molar-refractivity contribution >= 4 is 15.7 Å². The van der Waals surface area contributed by atoms with Crippen LogP contribution in [-0.4, -0.2) is 76.0 Å². The van der Waals surface area contributed by atoms with E-state index in [9.17, 15) is 13.2 Å². The molecule has 2 fully saturated rings. The summed E-state index contributed by atoms with van der Waals surface area (Å²) >= 11 is 0. The van der Waals surface area contributed by atoms with Gasteiger partial charge >= 0.3 is 0 Å². The minimum atomic E-state index is -3.02. The summed E-state index contributed by atoms with van der Waals surface area (Å²) in [6.07, 6.45) is 0.465. The molecule has 144 valence electrons. The first kappa shape index (κ1) is 19.0. The second kappa shape index (κ2) is 7.84. The average Bonchev–Trinajstić information content (AvgIpc) is 3.01. The van der Waals surface area contributed by atoms with E-state index in [-0.39, 0.29) is 23.3 Å². The highest BCUT2D eigenvalue weighted by Gasteiger charge is 2.36. The number of piperazine rings is 1. The SMILES string of the molecule is COc1ccc(CN2CCN(C(=O)[C@@H]3CCS(=O)(=O)C3)CC2)cc1OC. The van der Waals surface area contributed by atoms with E-state index < -0.39 is 9.84 Å². The predicted octanol–water partition coefficient (Wildman–Crippen LogP) is 0.783. The largest absolute Gasteiger partial charge is 0.493 e. The molecule has 1 atom stereocenters. The van der Waals surface area contributed by atoms with Gasteiger partial charge < -0.3 is 14.4 Å². The van der Waals surface area contributed by atoms with Crippen LogP contribution in [0.3, 0.4) is 0 Å². The highest BCUT2D eigenvalue weighted by Crippen LogP contribution is 2.28. The molecule has 0 aliphatic carbocycles. The number of ether oxygens (including phenoxy) is 2. The van der Waals surface area contributed by atoms with E-state index in [4.69, 9.17) is 9.47 Å². The number of nitrogens with zero attached hydrogens (tertiary/aromatic N) is 2. The van der Waals surface area contributed by atoms with Crippen LogP contribution in [0.5, 0.6) is 11.5 Å². The van der Waals surface area contributed by atoms with Crippen LogP contribution in [0.4, 0.5) is 0 Å². The molecule has 0 bridgehead atoms. The molecule has 0 saturated carbocycles. The number of hydrogen-bond donors (Lipinski definition) is 0. The van der Waals surface area contributed by atoms with E-state index in [1.807, 2.05) is 23.1 Å². The third-order valence-corrected chi connectivity index (χ3v) is 6.89. The smallest absolute Gasteiger partial charge is 0.226 e. The highest BCUT2D eigenvalue weighted by atomic mass is 32.2. The maximum atomic E-state index is 12.5. The number of rotatable bonds is 5. The summed E-state index contributed by atoms with van der Waals surface area (Å²) in [6.45, 7) is 3.62. The fraction of sp³-hybridized carbons (Fsp3) is 0.611. The van der Waals surface area contributed by atoms with Crippen molar-refractivity contribution in [2.45, 2.75) is 13.0 Å². The molecule has 0 N–H and O–H groups in total. The standard InChI is InChI=1S/C18H26N2O5S/c1-24-16-4-3-14(11-17(16)25-2)12-19-6-8-20(9-7-19)18(21)15-5-10-26(22,23)13-15/h3-4,11,15H,5-10,12-13H2,1-2H3/t15-/m1/s1. The molecule has 2 heterocycles. The average molecular weight is 382 g/mol. The predicted molar refractivity (Wildman–Crippen MR) is 98.2 cm³/mol. The molecule has 2 aliphatic heterocycles. The Morgan fingerprint density at radius 1 is 1.12 bits per heavy atom. The van der Waals surface area contributed by atoms with Gasteiger partial charge in [0.2, 0.25) is 5.91 Å². The summed E-state index contributed by atoms with van der Waals surface area (Å²) in [4.78, 5) is 16.6. The van der Waals surface area contributed by atoms with Crippen LogP contribution in [0.2, 0.25) is 0 Å². The summed E-state index contributed by atoms with van der Waals surface area (Å²) in [5.74, 6) is 1.22. The fourth-order valence-corrected chi connectivity index (χ4v) is 5.34. The Balaban J connectivity index is 1.53. The van der Waals surface area contributed by atoms with Gasteiger partial charge in [0.1, 0.15) is 0 Å². The second-order valence-corrected chi connectivity index (χ2v) is 9.12. The van der Waals surface area contributed by atoms with Crippen LogP contribution in [-0.2, 0) is 21.2 Å². The topological polar surface area (TPSA) is 76.2 Å². The maximum absolute atomic E-state index is 12.5. The minimum Gasteiger partial charge on any atom is -0.493 e. The Morgan fingerprint density at radius 3 is 2.38 bits per heavy atom. The van der Waals surface area contributed by atoms with E-state index in [2.05, 4.69) is 4.90 Å². The Labute approximate surface area is 154 Å². The van der Waals surface area contributed by atoms with Crippen molar-refractivity contribution in [1.82, 2.24) is 9.80 Å². The second-order valence-electron chi connectivity index (χ2n) is 6.89. The molecule has 1 aromatic rings. The molecule has 0 radical (unpaired) electrons. The molecule has 8 heteroatoms. The zero-order chi connectivity index (χ0) is 18.7. The Morgan fingerprint density at radius 2 is 1.81 bits per heavy atom. The number of sulfone groups is 1. The van der Waals surface area contributed by atoms with E-state index in [1.165, 1.54) is 0 Å². The van der Waals surface area contributed by atoms with Crippen LogP contribution < -0.4 is 9.47 Å². The number of hydrogen-bond acceptors (Lipinski definition) is 6. The summed E-state index contributed by atoms with van der Waals surface area (Å²) in [5.41, 5.74) is 1.13. The van der Waals surface area contributed by atoms with Gasteiger partial charge in [-0.2, -0.15) is 0 Å². The Kier molecular flexibility index (Phi) is 5.72. The van der Waals surface area contributed by atoms with Crippen molar-refractivity contribution in [3.05, 3.63) is 23.8 Å². The quantitative estimate of drug-likeness (QED) is 0.749. The lowest BCUT2D eigenvalue weighted by Crippen LogP contribution is -2.50. The summed E-state index contributed by atoms with van der Waals surface area (Å²) < 4.78 is 33.8. The van der Waals surface area contributed by atoms with Crippen LogP contribution in [0, 0.1) is 5.92 Å². The van der Waals surface area contributed by atoms with Crippen LogP contribution in [0.1, 0.15) is 12.0 Å². The van der Waals surface area contributed by atoms with Crippen molar-refractivity contribution in [2.75, 3.05) is 51.9 Å². The molecule has 0 unspecified atom stereocenters. The van der Waals surface area contributed by atoms with Crippen LogP contribution >= 0.6 is 0 Å². The van der Waals surface area contributed by atoms with Gasteiger partial charge in [-0.1, -0.05) is 6.07 Å². The normalized spacial score (nSPS) is 23.0. The van der Waals surface area contributed by atoms with E-state index in [1.54, 1.807) is 14.2 Å². The lowest BCUT2D eigenvalue weighted by molar-refractivity contribution is -0.136. The molecule has 7 nitrogen and oxygen atoms in total. The van der Waals surface area contributed by atoms with Gasteiger partial charge in [-0.05, 0) is 24.1 Å². The number of carbonyl (C=O) groups excluding carboxylic acids is 1. The number of benzene rings is 1. The molecule has 1 amide bonds. The number of methoxy groups -OCH3 is 2. The molecule has 3 rings (SSSR count). The molecular formula is C18H26N2O5S. The van der Waals surface area contributed by atoms with E-state index in [0.29, 0.717) is 31.0 Å². The molecule has 0 aromatic heterocycles. The van der Waals surface area contributed by atoms with Crippen molar-refractivity contribution in [3.8, 4) is 11.5 Å². The number of amides is 1. The lowest BCUT2D eigenvalue weighted by atomic mass is 10.1. The van der Waals surface area contributed by atoms with Gasteiger partial charge in [0, 0.05) is 32.7 Å². The van der Waals surface area contributed by atoms with Gasteiger partial charge in [0.05, 0.1) is 31.6 Å². The van der Waals surface area contributed by atoms with E-state index >= 15 is 0 Å². The van der Waals surface area contributed by atoms with Crippen molar-refractivity contribution in [1.29, 1.82) is 0 Å². The van der Waals surface area contributed by atoms with Gasteiger partial charge in [-0.15, -0.1) is 0 Å². The molecule has 1 aromatic carbocycles. The highest BCUT2D eigenvalue weighted by molar-refractivity contribution is 7.91. The first-order valence-corrected chi connectivity index (χ1v) is 10.7. The zero-order valence-electron chi connectivity index (χ0n) is 15.3. The van der Waals surface area contributed by atoms with Crippen LogP contribution in [0.25, 0.3) is 0 Å².